The molecule has 1 saturated heterocycles. The first kappa shape index (κ1) is 18.1. The Labute approximate surface area is 173 Å². The first-order chi connectivity index (χ1) is 14.3. The molecule has 4 aromatic rings. The Bertz CT molecular complexity index is 1140. The molecule has 148 valence electrons. The molecule has 5 rings (SSSR count). The van der Waals surface area contributed by atoms with Crippen LogP contribution in [0.5, 0.6) is 0 Å². The van der Waals surface area contributed by atoms with Crippen molar-refractivity contribution in [2.24, 2.45) is 5.92 Å². The molecule has 0 unspecified atom stereocenters. The van der Waals surface area contributed by atoms with Crippen molar-refractivity contribution in [1.82, 2.24) is 19.7 Å². The lowest BCUT2D eigenvalue weighted by atomic mass is 9.97. The van der Waals surface area contributed by atoms with Crippen molar-refractivity contribution in [3.63, 3.8) is 0 Å². The van der Waals surface area contributed by atoms with E-state index < -0.39 is 0 Å². The lowest BCUT2D eigenvalue weighted by Gasteiger charge is -2.33. The molecule has 6 nitrogen and oxygen atoms in total. The van der Waals surface area contributed by atoms with Gasteiger partial charge in [-0.25, -0.2) is 9.97 Å². The number of fused-ring (bicyclic) bond motifs is 3. The fourth-order valence-electron chi connectivity index (χ4n) is 4.12. The minimum absolute atomic E-state index is 0.0108. The zero-order valence-corrected chi connectivity index (χ0v) is 16.9. The second kappa shape index (κ2) is 7.83. The van der Waals surface area contributed by atoms with E-state index in [0.29, 0.717) is 13.1 Å². The molecule has 4 aromatic heterocycles. The number of carbonyl (C=O) groups is 1. The Balaban J connectivity index is 1.33. The van der Waals surface area contributed by atoms with Crippen LogP contribution in [0.1, 0.15) is 17.7 Å². The van der Waals surface area contributed by atoms with Gasteiger partial charge in [-0.1, -0.05) is 6.07 Å². The summed E-state index contributed by atoms with van der Waals surface area (Å²) in [6.45, 7) is 2.29. The van der Waals surface area contributed by atoms with Crippen LogP contribution in [0.4, 0.5) is 5.82 Å². The molecule has 1 atom stereocenters. The van der Waals surface area contributed by atoms with Crippen LogP contribution in [0, 0.1) is 5.92 Å². The van der Waals surface area contributed by atoms with Gasteiger partial charge in [0.15, 0.2) is 11.5 Å². The molecule has 0 bridgehead atoms. The molecule has 1 fully saturated rings. The van der Waals surface area contributed by atoms with Gasteiger partial charge in [0.05, 0.1) is 17.0 Å². The van der Waals surface area contributed by atoms with Crippen molar-refractivity contribution >= 4 is 39.7 Å². The number of nitrogens with one attached hydrogen (secondary N) is 1. The molecule has 1 N–H and O–H groups in total. The summed E-state index contributed by atoms with van der Waals surface area (Å²) in [6, 6.07) is 12.2. The monoisotopic (exact) mass is 405 g/mol. The Hall–Kier alpha value is -2.93. The fourth-order valence-corrected chi connectivity index (χ4v) is 4.83. The number of pyridine rings is 1. The van der Waals surface area contributed by atoms with Crippen molar-refractivity contribution in [3.05, 3.63) is 59.0 Å². The average molecular weight is 406 g/mol. The Morgan fingerprint density at radius 1 is 1.21 bits per heavy atom. The molecule has 7 heteroatoms. The quantitative estimate of drug-likeness (QED) is 0.552. The zero-order chi connectivity index (χ0) is 19.6. The summed E-state index contributed by atoms with van der Waals surface area (Å²) in [5.74, 6) is 1.05. The maximum atomic E-state index is 12.8. The highest BCUT2D eigenvalue weighted by Crippen LogP contribution is 2.28. The van der Waals surface area contributed by atoms with Crippen LogP contribution in [-0.2, 0) is 11.2 Å². The number of aromatic nitrogens is 3. The van der Waals surface area contributed by atoms with E-state index in [1.54, 1.807) is 17.5 Å². The number of amides is 1. The molecule has 0 saturated carbocycles. The first-order valence-corrected chi connectivity index (χ1v) is 10.9. The summed E-state index contributed by atoms with van der Waals surface area (Å²) < 4.78 is 2.13. The van der Waals surface area contributed by atoms with E-state index in [9.17, 15) is 4.79 Å². The molecule has 0 aromatic carbocycles. The molecule has 1 aliphatic heterocycles. The van der Waals surface area contributed by atoms with Crippen molar-refractivity contribution in [1.29, 1.82) is 0 Å². The Morgan fingerprint density at radius 3 is 3.03 bits per heavy atom. The van der Waals surface area contributed by atoms with E-state index in [1.807, 2.05) is 24.4 Å². The number of rotatable bonds is 5. The summed E-state index contributed by atoms with van der Waals surface area (Å²) in [7, 11) is 0. The van der Waals surface area contributed by atoms with Gasteiger partial charge in [0.2, 0.25) is 5.91 Å². The first-order valence-electron chi connectivity index (χ1n) is 10.1. The standard InChI is InChI=1S/C22H23N5OS/c28-22(24-11-9-17-6-4-14-29-17)16-5-2-12-26(15-16)21-19-8-3-13-27(19)18-7-1-10-23-20(18)25-21/h1,3-4,6-8,10,13-14,16H,2,5,9,11-12,15H2,(H,24,28)/t16-/m0/s1. The number of hydrogen-bond acceptors (Lipinski definition) is 5. The SMILES string of the molecule is O=C(NCCc1cccs1)[C@H]1CCCN(c2nc3ncccc3n3cccc23)C1. The fraction of sp³-hybridized carbons (Fsp3) is 0.318. The van der Waals surface area contributed by atoms with Crippen LogP contribution in [0.25, 0.3) is 16.7 Å². The topological polar surface area (TPSA) is 62.5 Å². The number of carbonyl (C=O) groups excluding carboxylic acids is 1. The number of hydrogen-bond donors (Lipinski definition) is 1. The lowest BCUT2D eigenvalue weighted by molar-refractivity contribution is -0.125. The van der Waals surface area contributed by atoms with Gasteiger partial charge >= 0.3 is 0 Å². The third-order valence-electron chi connectivity index (χ3n) is 5.56. The second-order valence-corrected chi connectivity index (χ2v) is 8.48. The highest BCUT2D eigenvalue weighted by molar-refractivity contribution is 7.09. The zero-order valence-electron chi connectivity index (χ0n) is 16.1. The van der Waals surface area contributed by atoms with Gasteiger partial charge in [-0.2, -0.15) is 0 Å². The molecule has 0 radical (unpaired) electrons. The van der Waals surface area contributed by atoms with Crippen molar-refractivity contribution in [2.45, 2.75) is 19.3 Å². The van der Waals surface area contributed by atoms with E-state index in [4.69, 9.17) is 4.98 Å². The minimum Gasteiger partial charge on any atom is -0.355 e. The van der Waals surface area contributed by atoms with Gasteiger partial charge in [0, 0.05) is 36.9 Å². The lowest BCUT2D eigenvalue weighted by Crippen LogP contribution is -2.44. The van der Waals surface area contributed by atoms with Crippen molar-refractivity contribution in [3.8, 4) is 0 Å². The van der Waals surface area contributed by atoms with Gasteiger partial charge in [-0.05, 0) is 55.0 Å². The van der Waals surface area contributed by atoms with Crippen LogP contribution >= 0.6 is 11.3 Å². The largest absolute Gasteiger partial charge is 0.355 e. The van der Waals surface area contributed by atoms with Crippen molar-refractivity contribution < 1.29 is 4.79 Å². The van der Waals surface area contributed by atoms with Gasteiger partial charge in [0.25, 0.3) is 0 Å². The molecule has 0 spiro atoms. The van der Waals surface area contributed by atoms with Crippen LogP contribution in [0.2, 0.25) is 0 Å². The van der Waals surface area contributed by atoms with Crippen LogP contribution in [-0.4, -0.2) is 39.9 Å². The predicted octanol–water partition coefficient (Wildman–Crippen LogP) is 3.52. The summed E-state index contributed by atoms with van der Waals surface area (Å²) in [5.41, 5.74) is 2.79. The molecule has 5 heterocycles. The molecular formula is C22H23N5OS. The number of anilines is 1. The number of nitrogens with zero attached hydrogens (tertiary/aromatic N) is 4. The highest BCUT2D eigenvalue weighted by atomic mass is 32.1. The number of thiophene rings is 1. The molecule has 1 aliphatic rings. The normalized spacial score (nSPS) is 17.1. The van der Waals surface area contributed by atoms with E-state index in [1.165, 1.54) is 4.88 Å². The van der Waals surface area contributed by atoms with Gasteiger partial charge in [0.1, 0.15) is 0 Å². The summed E-state index contributed by atoms with van der Waals surface area (Å²) in [4.78, 5) is 25.6. The molecule has 1 amide bonds. The molecule has 0 aliphatic carbocycles. The average Bonchev–Trinajstić information content (AvgIpc) is 3.45. The van der Waals surface area contributed by atoms with E-state index in [2.05, 4.69) is 43.2 Å². The maximum Gasteiger partial charge on any atom is 0.224 e. The van der Waals surface area contributed by atoms with Crippen LogP contribution in [0.15, 0.2) is 54.2 Å². The molecule has 29 heavy (non-hydrogen) atoms. The third-order valence-corrected chi connectivity index (χ3v) is 6.49. The van der Waals surface area contributed by atoms with Crippen molar-refractivity contribution in [2.75, 3.05) is 24.5 Å². The van der Waals surface area contributed by atoms with Gasteiger partial charge in [-0.15, -0.1) is 11.3 Å². The summed E-state index contributed by atoms with van der Waals surface area (Å²) in [6.07, 6.45) is 6.61. The van der Waals surface area contributed by atoms with Gasteiger partial charge in [-0.3, -0.25) is 4.79 Å². The minimum atomic E-state index is -0.0108. The predicted molar refractivity (Wildman–Crippen MR) is 116 cm³/mol. The Morgan fingerprint density at radius 2 is 2.14 bits per heavy atom. The van der Waals surface area contributed by atoms with Crippen LogP contribution < -0.4 is 10.2 Å². The van der Waals surface area contributed by atoms with Gasteiger partial charge < -0.3 is 14.6 Å². The summed E-state index contributed by atoms with van der Waals surface area (Å²) >= 11 is 1.73. The maximum absolute atomic E-state index is 12.8. The highest BCUT2D eigenvalue weighted by Gasteiger charge is 2.27. The number of piperidine rings is 1. The second-order valence-electron chi connectivity index (χ2n) is 7.45. The van der Waals surface area contributed by atoms with Crippen LogP contribution in [0.3, 0.4) is 0 Å². The third kappa shape index (κ3) is 3.58. The van der Waals surface area contributed by atoms with E-state index >= 15 is 0 Å². The van der Waals surface area contributed by atoms with E-state index in [-0.39, 0.29) is 11.8 Å². The Kier molecular flexibility index (Phi) is 4.89. The molecular weight excluding hydrogens is 382 g/mol. The van der Waals surface area contributed by atoms with E-state index in [0.717, 1.165) is 48.3 Å². The summed E-state index contributed by atoms with van der Waals surface area (Å²) in [5, 5.41) is 5.20. The smallest absolute Gasteiger partial charge is 0.224 e.